The van der Waals surface area contributed by atoms with Crippen LogP contribution in [0, 0.1) is 19.7 Å². The van der Waals surface area contributed by atoms with E-state index >= 15 is 0 Å². The molecule has 0 fully saturated rings. The topological polar surface area (TPSA) is 47.3 Å². The highest BCUT2D eigenvalue weighted by atomic mass is 19.1. The third-order valence-electron chi connectivity index (χ3n) is 4.64. The summed E-state index contributed by atoms with van der Waals surface area (Å²) in [6.07, 6.45) is 0. The van der Waals surface area contributed by atoms with Gasteiger partial charge in [0.15, 0.2) is 11.4 Å². The molecule has 4 aromatic rings. The zero-order chi connectivity index (χ0) is 19.5. The third-order valence-corrected chi connectivity index (χ3v) is 4.64. The Morgan fingerprint density at radius 3 is 2.46 bits per heavy atom. The van der Waals surface area contributed by atoms with Crippen molar-refractivity contribution in [2.24, 2.45) is 0 Å². The summed E-state index contributed by atoms with van der Waals surface area (Å²) in [6, 6.07) is 18.7. The van der Waals surface area contributed by atoms with Crippen LogP contribution >= 0.6 is 0 Å². The summed E-state index contributed by atoms with van der Waals surface area (Å²) in [7, 11) is 0. The number of hydrogen-bond donors (Lipinski definition) is 1. The lowest BCUT2D eigenvalue weighted by Gasteiger charge is -2.14. The minimum Gasteiger partial charge on any atom is -0.488 e. The Balaban J connectivity index is 1.46. The van der Waals surface area contributed by atoms with E-state index < -0.39 is 0 Å². The van der Waals surface area contributed by atoms with E-state index in [2.05, 4.69) is 34.7 Å². The van der Waals surface area contributed by atoms with Crippen LogP contribution in [-0.4, -0.2) is 5.16 Å². The van der Waals surface area contributed by atoms with E-state index in [4.69, 9.17) is 9.26 Å². The minimum atomic E-state index is -0.340. The predicted molar refractivity (Wildman–Crippen MR) is 108 cm³/mol. The van der Waals surface area contributed by atoms with Gasteiger partial charge in [0, 0.05) is 12.6 Å². The SMILES string of the molecule is Cc1cc(CNc2noc3cc(F)ccc23)cc(C)c1OCc1ccccc1. The average molecular weight is 376 g/mol. The minimum absolute atomic E-state index is 0.340. The van der Waals surface area contributed by atoms with Crippen LogP contribution in [0.4, 0.5) is 10.2 Å². The first-order chi connectivity index (χ1) is 13.6. The van der Waals surface area contributed by atoms with Crippen molar-refractivity contribution < 1.29 is 13.7 Å². The Bertz CT molecular complexity index is 1080. The lowest BCUT2D eigenvalue weighted by atomic mass is 10.1. The number of nitrogens with zero attached hydrogens (tertiary/aromatic N) is 1. The Morgan fingerprint density at radius 2 is 1.71 bits per heavy atom. The summed E-state index contributed by atoms with van der Waals surface area (Å²) < 4.78 is 24.5. The van der Waals surface area contributed by atoms with Crippen molar-refractivity contribution >= 4 is 16.8 Å². The molecule has 5 heteroatoms. The first-order valence-corrected chi connectivity index (χ1v) is 9.16. The fourth-order valence-corrected chi connectivity index (χ4v) is 3.32. The van der Waals surface area contributed by atoms with Gasteiger partial charge in [-0.1, -0.05) is 47.6 Å². The molecule has 0 unspecified atom stereocenters. The number of rotatable bonds is 6. The second-order valence-corrected chi connectivity index (χ2v) is 6.86. The quantitative estimate of drug-likeness (QED) is 0.464. The molecule has 0 bridgehead atoms. The van der Waals surface area contributed by atoms with Gasteiger partial charge < -0.3 is 14.6 Å². The Labute approximate surface area is 162 Å². The summed E-state index contributed by atoms with van der Waals surface area (Å²) in [6.45, 7) is 5.22. The van der Waals surface area contributed by atoms with Gasteiger partial charge >= 0.3 is 0 Å². The van der Waals surface area contributed by atoms with Crippen molar-refractivity contribution in [3.63, 3.8) is 0 Å². The molecule has 1 N–H and O–H groups in total. The lowest BCUT2D eigenvalue weighted by Crippen LogP contribution is -2.03. The summed E-state index contributed by atoms with van der Waals surface area (Å²) in [4.78, 5) is 0. The van der Waals surface area contributed by atoms with Crippen molar-refractivity contribution in [1.82, 2.24) is 5.16 Å². The third kappa shape index (κ3) is 3.83. The zero-order valence-corrected chi connectivity index (χ0v) is 15.8. The van der Waals surface area contributed by atoms with E-state index in [-0.39, 0.29) is 5.82 Å². The monoisotopic (exact) mass is 376 g/mol. The van der Waals surface area contributed by atoms with E-state index in [1.54, 1.807) is 6.07 Å². The maximum absolute atomic E-state index is 13.3. The standard InChI is InChI=1S/C23H21FN2O2/c1-15-10-18(11-16(2)22(15)27-14-17-6-4-3-5-7-17)13-25-23-20-9-8-19(24)12-21(20)28-26-23/h3-12H,13-14H2,1-2H3,(H,25,26). The fourth-order valence-electron chi connectivity index (χ4n) is 3.32. The molecule has 0 saturated heterocycles. The Hall–Kier alpha value is -3.34. The van der Waals surface area contributed by atoms with Crippen molar-refractivity contribution in [3.8, 4) is 5.75 Å². The van der Waals surface area contributed by atoms with Crippen LogP contribution < -0.4 is 10.1 Å². The van der Waals surface area contributed by atoms with Crippen molar-refractivity contribution in [1.29, 1.82) is 0 Å². The number of halogens is 1. The number of fused-ring (bicyclic) bond motifs is 1. The van der Waals surface area contributed by atoms with Gasteiger partial charge in [-0.3, -0.25) is 0 Å². The summed E-state index contributed by atoms with van der Waals surface area (Å²) in [5, 5.41) is 8.03. The van der Waals surface area contributed by atoms with Gasteiger partial charge in [0.25, 0.3) is 0 Å². The van der Waals surface area contributed by atoms with Gasteiger partial charge in [0.05, 0.1) is 5.39 Å². The molecule has 28 heavy (non-hydrogen) atoms. The second-order valence-electron chi connectivity index (χ2n) is 6.86. The van der Waals surface area contributed by atoms with Gasteiger partial charge in [0.1, 0.15) is 18.2 Å². The Kier molecular flexibility index (Phi) is 4.98. The molecule has 1 heterocycles. The van der Waals surface area contributed by atoms with Gasteiger partial charge in [-0.2, -0.15) is 0 Å². The van der Waals surface area contributed by atoms with E-state index in [0.29, 0.717) is 24.6 Å². The maximum Gasteiger partial charge on any atom is 0.177 e. The van der Waals surface area contributed by atoms with Crippen molar-refractivity contribution in [2.45, 2.75) is 27.0 Å². The molecule has 0 amide bonds. The molecule has 0 aliphatic carbocycles. The number of nitrogens with one attached hydrogen (secondary N) is 1. The molecule has 142 valence electrons. The number of ether oxygens (including phenoxy) is 1. The molecule has 4 rings (SSSR count). The van der Waals surface area contributed by atoms with Crippen LogP contribution in [0.15, 0.2) is 65.2 Å². The second kappa shape index (κ2) is 7.72. The molecule has 3 aromatic carbocycles. The van der Waals surface area contributed by atoms with Crippen LogP contribution in [0.1, 0.15) is 22.3 Å². The normalized spacial score (nSPS) is 11.0. The molecular weight excluding hydrogens is 355 g/mol. The van der Waals surface area contributed by atoms with Crippen LogP contribution in [0.2, 0.25) is 0 Å². The molecule has 0 atom stereocenters. The van der Waals surface area contributed by atoms with E-state index in [1.165, 1.54) is 12.1 Å². The highest BCUT2D eigenvalue weighted by Gasteiger charge is 2.11. The summed E-state index contributed by atoms with van der Waals surface area (Å²) in [5.41, 5.74) is 4.85. The smallest absolute Gasteiger partial charge is 0.177 e. The van der Waals surface area contributed by atoms with Gasteiger partial charge in [0.2, 0.25) is 0 Å². The predicted octanol–water partition coefficient (Wildman–Crippen LogP) is 5.77. The molecule has 0 aliphatic rings. The first kappa shape index (κ1) is 18.0. The molecule has 0 aliphatic heterocycles. The van der Waals surface area contributed by atoms with E-state index in [1.807, 2.05) is 32.0 Å². The first-order valence-electron chi connectivity index (χ1n) is 9.16. The lowest BCUT2D eigenvalue weighted by molar-refractivity contribution is 0.302. The molecular formula is C23H21FN2O2. The van der Waals surface area contributed by atoms with E-state index in [9.17, 15) is 4.39 Å². The molecule has 0 spiro atoms. The average Bonchev–Trinajstić information content (AvgIpc) is 3.08. The molecule has 0 radical (unpaired) electrons. The highest BCUT2D eigenvalue weighted by molar-refractivity contribution is 5.87. The largest absolute Gasteiger partial charge is 0.488 e. The number of benzene rings is 3. The number of aryl methyl sites for hydroxylation is 2. The maximum atomic E-state index is 13.3. The zero-order valence-electron chi connectivity index (χ0n) is 15.8. The highest BCUT2D eigenvalue weighted by Crippen LogP contribution is 2.27. The summed E-state index contributed by atoms with van der Waals surface area (Å²) >= 11 is 0. The van der Waals surface area contributed by atoms with Crippen LogP contribution in [0.3, 0.4) is 0 Å². The number of hydrogen-bond acceptors (Lipinski definition) is 4. The van der Waals surface area contributed by atoms with Gasteiger partial charge in [-0.25, -0.2) is 4.39 Å². The number of anilines is 1. The van der Waals surface area contributed by atoms with Gasteiger partial charge in [-0.15, -0.1) is 0 Å². The molecule has 1 aromatic heterocycles. The Morgan fingerprint density at radius 1 is 0.964 bits per heavy atom. The van der Waals surface area contributed by atoms with E-state index in [0.717, 1.165) is 33.4 Å². The summed E-state index contributed by atoms with van der Waals surface area (Å²) in [5.74, 6) is 1.18. The van der Waals surface area contributed by atoms with Crippen LogP contribution in [-0.2, 0) is 13.2 Å². The fraction of sp³-hybridized carbons (Fsp3) is 0.174. The molecule has 0 saturated carbocycles. The number of aromatic nitrogens is 1. The molecule has 4 nitrogen and oxygen atoms in total. The van der Waals surface area contributed by atoms with Crippen LogP contribution in [0.25, 0.3) is 11.0 Å². The van der Waals surface area contributed by atoms with Crippen molar-refractivity contribution in [3.05, 3.63) is 88.7 Å². The van der Waals surface area contributed by atoms with Crippen LogP contribution in [0.5, 0.6) is 5.75 Å². The van der Waals surface area contributed by atoms with Crippen molar-refractivity contribution in [2.75, 3.05) is 5.32 Å². The van der Waals surface area contributed by atoms with Gasteiger partial charge in [-0.05, 0) is 48.2 Å².